The van der Waals surface area contributed by atoms with Crippen LogP contribution in [0, 0.1) is 5.82 Å². The summed E-state index contributed by atoms with van der Waals surface area (Å²) in [4.78, 5) is 15.8. The molecule has 2 unspecified atom stereocenters. The van der Waals surface area contributed by atoms with Gasteiger partial charge in [0, 0.05) is 41.0 Å². The van der Waals surface area contributed by atoms with E-state index in [0.717, 1.165) is 18.2 Å². The number of hydrogen-bond donors (Lipinski definition) is 3. The van der Waals surface area contributed by atoms with Gasteiger partial charge in [0.1, 0.15) is 5.82 Å². The van der Waals surface area contributed by atoms with Gasteiger partial charge in [0.2, 0.25) is 0 Å². The zero-order chi connectivity index (χ0) is 30.3. The fourth-order valence-corrected chi connectivity index (χ4v) is 3.26. The van der Waals surface area contributed by atoms with Crippen LogP contribution in [0.5, 0.6) is 0 Å². The van der Waals surface area contributed by atoms with E-state index in [1.807, 2.05) is 13.8 Å². The zero-order valence-electron chi connectivity index (χ0n) is 26.2. The Hall–Kier alpha value is -1.61. The SMILES string of the molecule is [2H]/C(=C\c1c(C(C)C)nc(C(C)C)c(CO)c1-c1ccc(F)cc1)C([2H])(O)C([2H])([2H])C([2H])(O)C([2H])([2H])C(=O)[O-].[Na+]. The summed E-state index contributed by atoms with van der Waals surface area (Å²) in [6.07, 6.45) is -15.5. The molecular weight excluding hydrogens is 436 g/mol. The zero-order valence-corrected chi connectivity index (χ0v) is 21.2. The minimum atomic E-state index is -4.29. The molecule has 8 heteroatoms. The Balaban J connectivity index is 0.00000800. The first-order valence-corrected chi connectivity index (χ1v) is 9.95. The number of carboxylic acid groups (broad SMARTS) is 1. The van der Waals surface area contributed by atoms with Crippen molar-refractivity contribution in [3.05, 3.63) is 58.6 Å². The van der Waals surface area contributed by atoms with Crippen molar-refractivity contribution in [3.63, 3.8) is 0 Å². The summed E-state index contributed by atoms with van der Waals surface area (Å²) >= 11 is 0. The molecule has 1 aromatic heterocycles. The Morgan fingerprint density at radius 3 is 2.27 bits per heavy atom. The largest absolute Gasteiger partial charge is 1.00 e. The van der Waals surface area contributed by atoms with Crippen molar-refractivity contribution in [1.82, 2.24) is 4.98 Å². The summed E-state index contributed by atoms with van der Waals surface area (Å²) in [6, 6.07) is 3.79. The third-order valence-electron chi connectivity index (χ3n) is 4.59. The summed E-state index contributed by atoms with van der Waals surface area (Å²) in [5.41, 5.74) is 1.68. The second-order valence-corrected chi connectivity index (χ2v) is 7.65. The van der Waals surface area contributed by atoms with E-state index >= 15 is 0 Å². The Bertz CT molecular complexity index is 1270. The number of hydrogen-bond acceptors (Lipinski definition) is 6. The molecule has 1 heterocycles. The van der Waals surface area contributed by atoms with Gasteiger partial charge in [0.25, 0.3) is 0 Å². The van der Waals surface area contributed by atoms with Gasteiger partial charge in [0.05, 0.1) is 28.6 Å². The van der Waals surface area contributed by atoms with Crippen molar-refractivity contribution >= 4 is 12.0 Å². The third kappa shape index (κ3) is 7.98. The van der Waals surface area contributed by atoms with E-state index in [1.165, 1.54) is 12.1 Å². The number of carboxylic acids is 1. The number of aliphatic hydroxyl groups excluding tert-OH is 1. The number of aliphatic hydroxyl groups is 3. The summed E-state index contributed by atoms with van der Waals surface area (Å²) in [6.45, 7) is 6.57. The van der Waals surface area contributed by atoms with Crippen LogP contribution in [0.25, 0.3) is 17.2 Å². The van der Waals surface area contributed by atoms with Crippen LogP contribution in [0.4, 0.5) is 4.39 Å². The van der Waals surface area contributed by atoms with Crippen LogP contribution >= 0.6 is 0 Å². The molecule has 0 saturated carbocycles. The molecule has 174 valence electrons. The summed E-state index contributed by atoms with van der Waals surface area (Å²) in [7, 11) is 0. The van der Waals surface area contributed by atoms with E-state index in [2.05, 4.69) is 4.98 Å². The second kappa shape index (κ2) is 13.3. The van der Waals surface area contributed by atoms with Crippen molar-refractivity contribution in [2.24, 2.45) is 0 Å². The molecule has 0 aliphatic carbocycles. The number of pyridine rings is 1. The number of carbonyl (C=O) groups is 1. The van der Waals surface area contributed by atoms with Crippen LogP contribution in [-0.2, 0) is 11.4 Å². The molecule has 0 fully saturated rings. The quantitative estimate of drug-likeness (QED) is 0.415. The topological polar surface area (TPSA) is 114 Å². The molecule has 1 aromatic carbocycles. The average Bonchev–Trinajstić information content (AvgIpc) is 2.83. The normalized spacial score (nSPS) is 19.6. The monoisotopic (exact) mass is 474 g/mol. The van der Waals surface area contributed by atoms with E-state index in [0.29, 0.717) is 17.0 Å². The predicted octanol–water partition coefficient (Wildman–Crippen LogP) is -0.104. The Kier molecular flexibility index (Phi) is 7.94. The Morgan fingerprint density at radius 1 is 1.21 bits per heavy atom. The van der Waals surface area contributed by atoms with Crippen LogP contribution in [0.1, 0.15) is 84.4 Å². The van der Waals surface area contributed by atoms with E-state index in [1.54, 1.807) is 13.8 Å². The molecule has 0 radical (unpaired) electrons. The molecule has 2 atom stereocenters. The maximum Gasteiger partial charge on any atom is 1.00 e. The average molecular weight is 475 g/mol. The molecule has 33 heavy (non-hydrogen) atoms. The maximum absolute atomic E-state index is 13.7. The van der Waals surface area contributed by atoms with Gasteiger partial charge >= 0.3 is 29.6 Å². The molecule has 0 amide bonds. The molecule has 0 aliphatic rings. The molecule has 2 rings (SSSR count). The minimum absolute atomic E-state index is 0. The van der Waals surface area contributed by atoms with Gasteiger partial charge in [-0.3, -0.25) is 4.98 Å². The van der Waals surface area contributed by atoms with Gasteiger partial charge in [-0.2, -0.15) is 0 Å². The van der Waals surface area contributed by atoms with Gasteiger partial charge in [-0.25, -0.2) is 4.39 Å². The summed E-state index contributed by atoms with van der Waals surface area (Å²) < 4.78 is 69.0. The van der Waals surface area contributed by atoms with E-state index in [9.17, 15) is 29.6 Å². The van der Waals surface area contributed by atoms with Crippen LogP contribution in [-0.4, -0.2) is 38.4 Å². The number of aromatic nitrogens is 1. The van der Waals surface area contributed by atoms with Crippen molar-refractivity contribution < 1.29 is 68.8 Å². The van der Waals surface area contributed by atoms with Gasteiger partial charge in [0.15, 0.2) is 0 Å². The first-order chi connectivity index (χ1) is 17.7. The van der Waals surface area contributed by atoms with Crippen molar-refractivity contribution in [2.75, 3.05) is 0 Å². The predicted molar refractivity (Wildman–Crippen MR) is 119 cm³/mol. The van der Waals surface area contributed by atoms with E-state index in [4.69, 9.17) is 9.60 Å². The minimum Gasteiger partial charge on any atom is -0.550 e. The van der Waals surface area contributed by atoms with E-state index < -0.39 is 49.4 Å². The molecule has 0 saturated heterocycles. The van der Waals surface area contributed by atoms with Gasteiger partial charge in [-0.1, -0.05) is 52.0 Å². The van der Waals surface area contributed by atoms with Crippen LogP contribution < -0.4 is 34.7 Å². The number of halogens is 1. The van der Waals surface area contributed by atoms with Crippen molar-refractivity contribution in [2.45, 2.75) is 71.0 Å². The van der Waals surface area contributed by atoms with E-state index in [-0.39, 0.29) is 58.1 Å². The molecule has 0 aliphatic heterocycles. The Labute approximate surface area is 226 Å². The number of rotatable bonds is 10. The number of aliphatic carboxylic acids is 1. The van der Waals surface area contributed by atoms with Crippen molar-refractivity contribution in [3.8, 4) is 11.1 Å². The first-order valence-electron chi connectivity index (χ1n) is 13.4. The number of nitrogens with zero attached hydrogens (tertiary/aromatic N) is 1. The Morgan fingerprint density at radius 2 is 1.79 bits per heavy atom. The fraction of sp³-hybridized carbons (Fsp3) is 0.440. The second-order valence-electron chi connectivity index (χ2n) is 7.65. The van der Waals surface area contributed by atoms with Crippen molar-refractivity contribution in [1.29, 1.82) is 0 Å². The molecule has 2 aromatic rings. The van der Waals surface area contributed by atoms with Crippen LogP contribution in [0.2, 0.25) is 0 Å². The molecule has 3 N–H and O–H groups in total. The maximum atomic E-state index is 13.7. The van der Waals surface area contributed by atoms with Crippen LogP contribution in [0.15, 0.2) is 30.3 Å². The third-order valence-corrected chi connectivity index (χ3v) is 4.59. The van der Waals surface area contributed by atoms with Gasteiger partial charge < -0.3 is 25.2 Å². The fourth-order valence-electron chi connectivity index (χ4n) is 3.26. The first kappa shape index (κ1) is 19.7. The molecule has 0 bridgehead atoms. The summed E-state index contributed by atoms with van der Waals surface area (Å²) in [5, 5.41) is 42.6. The number of carbonyl (C=O) groups excluding carboxylic acids is 1. The standard InChI is InChI=1S/C25H32FNO5.Na/c1-14(2)24-20(10-9-18(29)11-19(30)12-22(31)32)23(16-5-7-17(26)8-6-16)21(13-28)25(27-24)15(3)4;/h5-10,14-15,18-19,28-30H,11-13H2,1-4H3,(H,31,32);/q;+1/p-1/b10-9+;/i9D,11D2,12D2,18D,19D;. The smallest absolute Gasteiger partial charge is 0.550 e. The van der Waals surface area contributed by atoms with Gasteiger partial charge in [-0.15, -0.1) is 0 Å². The molecular formula is C25H31FNNaO5. The molecule has 6 nitrogen and oxygen atoms in total. The molecule has 0 spiro atoms. The van der Waals surface area contributed by atoms with Gasteiger partial charge in [-0.05, 0) is 35.1 Å². The summed E-state index contributed by atoms with van der Waals surface area (Å²) in [5.74, 6) is -3.80. The van der Waals surface area contributed by atoms with Crippen LogP contribution in [0.3, 0.4) is 0 Å². The number of benzene rings is 1.